The predicted molar refractivity (Wildman–Crippen MR) is 106 cm³/mol. The molecule has 1 N–H and O–H groups in total. The lowest BCUT2D eigenvalue weighted by atomic mass is 10.0. The van der Waals surface area contributed by atoms with Crippen molar-refractivity contribution in [3.05, 3.63) is 64.5 Å². The molecule has 2 aromatic rings. The first-order valence-electron chi connectivity index (χ1n) is 9.28. The highest BCUT2D eigenvalue weighted by molar-refractivity contribution is 5.95. The van der Waals surface area contributed by atoms with E-state index in [0.717, 1.165) is 42.6 Å². The van der Waals surface area contributed by atoms with Gasteiger partial charge in [-0.15, -0.1) is 0 Å². The van der Waals surface area contributed by atoms with Crippen LogP contribution in [0.1, 0.15) is 48.9 Å². The van der Waals surface area contributed by atoms with E-state index in [2.05, 4.69) is 10.0 Å². The number of benzene rings is 2. The van der Waals surface area contributed by atoms with Crippen molar-refractivity contribution in [2.45, 2.75) is 38.5 Å². The van der Waals surface area contributed by atoms with Crippen LogP contribution in [-0.2, 0) is 0 Å². The van der Waals surface area contributed by atoms with E-state index < -0.39 is 5.91 Å². The molecule has 0 atom stereocenters. The van der Waals surface area contributed by atoms with Gasteiger partial charge in [-0.1, -0.05) is 62.1 Å². The third kappa shape index (κ3) is 7.13. The number of amides is 1. The van der Waals surface area contributed by atoms with Gasteiger partial charge in [-0.2, -0.15) is 0 Å². The number of hydrogen-bond acceptors (Lipinski definition) is 3. The van der Waals surface area contributed by atoms with Gasteiger partial charge in [-0.05, 0) is 46.7 Å². The van der Waals surface area contributed by atoms with Gasteiger partial charge in [-0.3, -0.25) is 4.79 Å². The summed E-state index contributed by atoms with van der Waals surface area (Å²) in [6.07, 6.45) is 6.52. The van der Waals surface area contributed by atoms with Crippen molar-refractivity contribution in [3.8, 4) is 16.9 Å². The van der Waals surface area contributed by atoms with Gasteiger partial charge in [0.1, 0.15) is 5.75 Å². The molecule has 6 nitrogen and oxygen atoms in total. The van der Waals surface area contributed by atoms with Gasteiger partial charge >= 0.3 is 0 Å². The highest BCUT2D eigenvalue weighted by Crippen LogP contribution is 2.23. The van der Waals surface area contributed by atoms with Gasteiger partial charge < -0.3 is 9.84 Å². The minimum atomic E-state index is -0.582. The lowest BCUT2D eigenvalue weighted by Gasteiger charge is -2.08. The number of ether oxygens (including phenoxy) is 1. The molecular formula is C21H25N3O3. The molecule has 0 radical (unpaired) electrons. The van der Waals surface area contributed by atoms with Crippen molar-refractivity contribution in [3.63, 3.8) is 0 Å². The van der Waals surface area contributed by atoms with E-state index in [1.54, 1.807) is 12.1 Å². The molecule has 0 unspecified atom stereocenters. The van der Waals surface area contributed by atoms with Gasteiger partial charge in [0.15, 0.2) is 0 Å². The Kier molecular flexibility index (Phi) is 8.90. The molecule has 0 heterocycles. The van der Waals surface area contributed by atoms with Gasteiger partial charge in [-0.25, -0.2) is 0 Å². The van der Waals surface area contributed by atoms with E-state index >= 15 is 0 Å². The van der Waals surface area contributed by atoms with E-state index in [4.69, 9.17) is 15.4 Å². The van der Waals surface area contributed by atoms with Crippen LogP contribution in [0.5, 0.6) is 5.75 Å². The Labute approximate surface area is 159 Å². The van der Waals surface area contributed by atoms with Gasteiger partial charge in [0.25, 0.3) is 0 Å². The SMILES string of the molecule is [N-]=[N+]=NC(=O)c1ccc(-c2ccc(OCCCCCCCCO)cc2)cc1. The third-order valence-corrected chi connectivity index (χ3v) is 4.28. The molecule has 0 spiro atoms. The first-order chi connectivity index (χ1) is 13.2. The number of hydrogen-bond donors (Lipinski definition) is 1. The fraction of sp³-hybridized carbons (Fsp3) is 0.381. The van der Waals surface area contributed by atoms with Crippen molar-refractivity contribution in [2.24, 2.45) is 5.11 Å². The zero-order valence-corrected chi connectivity index (χ0v) is 15.4. The molecule has 1 amide bonds. The first-order valence-corrected chi connectivity index (χ1v) is 9.28. The van der Waals surface area contributed by atoms with E-state index in [1.165, 1.54) is 12.8 Å². The van der Waals surface area contributed by atoms with Crippen molar-refractivity contribution in [1.29, 1.82) is 0 Å². The van der Waals surface area contributed by atoms with Crippen LogP contribution in [0.2, 0.25) is 0 Å². The fourth-order valence-electron chi connectivity index (χ4n) is 2.76. The minimum Gasteiger partial charge on any atom is -0.494 e. The van der Waals surface area contributed by atoms with Crippen LogP contribution in [0.25, 0.3) is 21.6 Å². The zero-order chi connectivity index (χ0) is 19.3. The Bertz CT molecular complexity index is 751. The predicted octanol–water partition coefficient (Wildman–Crippen LogP) is 5.52. The van der Waals surface area contributed by atoms with Crippen LogP contribution >= 0.6 is 0 Å². The van der Waals surface area contributed by atoms with Crippen LogP contribution < -0.4 is 4.74 Å². The van der Waals surface area contributed by atoms with E-state index in [0.29, 0.717) is 12.2 Å². The summed E-state index contributed by atoms with van der Waals surface area (Å²) in [5.41, 5.74) is 10.7. The van der Waals surface area contributed by atoms with Crippen LogP contribution in [-0.4, -0.2) is 24.2 Å². The number of carbonyl (C=O) groups is 1. The number of aliphatic hydroxyl groups excluding tert-OH is 1. The van der Waals surface area contributed by atoms with E-state index in [9.17, 15) is 4.79 Å². The van der Waals surface area contributed by atoms with Crippen molar-refractivity contribution in [1.82, 2.24) is 0 Å². The Morgan fingerprint density at radius 2 is 1.44 bits per heavy atom. The highest BCUT2D eigenvalue weighted by Gasteiger charge is 2.04. The monoisotopic (exact) mass is 367 g/mol. The number of azide groups is 1. The van der Waals surface area contributed by atoms with Crippen LogP contribution in [0.15, 0.2) is 53.6 Å². The standard InChI is InChI=1S/C21H25N3O3/c22-24-23-21(26)19-9-7-17(8-10-19)18-11-13-20(14-12-18)27-16-6-4-2-1-3-5-15-25/h7-14,25H,1-6,15-16H2. The van der Waals surface area contributed by atoms with Crippen molar-refractivity contribution in [2.75, 3.05) is 13.2 Å². The van der Waals surface area contributed by atoms with E-state index in [1.807, 2.05) is 36.4 Å². The summed E-state index contributed by atoms with van der Waals surface area (Å²) in [5, 5.41) is 11.8. The zero-order valence-electron chi connectivity index (χ0n) is 15.4. The second kappa shape index (κ2) is 11.7. The Hall–Kier alpha value is -2.82. The number of unbranched alkanes of at least 4 members (excludes halogenated alkanes) is 5. The Balaban J connectivity index is 1.78. The second-order valence-electron chi connectivity index (χ2n) is 6.29. The van der Waals surface area contributed by atoms with Gasteiger partial charge in [0.2, 0.25) is 5.91 Å². The van der Waals surface area contributed by atoms with E-state index in [-0.39, 0.29) is 6.61 Å². The molecule has 0 saturated heterocycles. The fourth-order valence-corrected chi connectivity index (χ4v) is 2.76. The summed E-state index contributed by atoms with van der Waals surface area (Å²) in [6.45, 7) is 0.993. The van der Waals surface area contributed by atoms with Crippen molar-refractivity contribution < 1.29 is 14.6 Å². The maximum atomic E-state index is 11.5. The smallest absolute Gasteiger partial charge is 0.249 e. The number of aliphatic hydroxyl groups is 1. The van der Waals surface area contributed by atoms with Crippen LogP contribution in [0.4, 0.5) is 0 Å². The molecule has 0 aromatic heterocycles. The molecule has 0 saturated carbocycles. The Morgan fingerprint density at radius 3 is 2.04 bits per heavy atom. The van der Waals surface area contributed by atoms with Gasteiger partial charge in [0, 0.05) is 17.1 Å². The molecule has 2 aromatic carbocycles. The molecule has 0 aliphatic carbocycles. The van der Waals surface area contributed by atoms with Gasteiger partial charge in [0.05, 0.1) is 6.61 Å². The van der Waals surface area contributed by atoms with Crippen LogP contribution in [0, 0.1) is 0 Å². The molecule has 0 bridgehead atoms. The first kappa shape index (κ1) is 20.5. The topological polar surface area (TPSA) is 95.3 Å². The molecule has 0 aliphatic heterocycles. The maximum absolute atomic E-state index is 11.5. The summed E-state index contributed by atoms with van der Waals surface area (Å²) >= 11 is 0. The normalized spacial score (nSPS) is 10.3. The summed E-state index contributed by atoms with van der Waals surface area (Å²) in [4.78, 5) is 14.0. The molecule has 6 heteroatoms. The second-order valence-corrected chi connectivity index (χ2v) is 6.29. The molecule has 27 heavy (non-hydrogen) atoms. The molecule has 0 aliphatic rings. The Morgan fingerprint density at radius 1 is 0.889 bits per heavy atom. The summed E-state index contributed by atoms with van der Waals surface area (Å²) in [6, 6.07) is 14.8. The quantitative estimate of drug-likeness (QED) is 0.245. The number of nitrogens with zero attached hydrogens (tertiary/aromatic N) is 3. The van der Waals surface area contributed by atoms with Crippen molar-refractivity contribution >= 4 is 5.91 Å². The van der Waals surface area contributed by atoms with Crippen LogP contribution in [0.3, 0.4) is 0 Å². The molecule has 0 fully saturated rings. The largest absolute Gasteiger partial charge is 0.494 e. The summed E-state index contributed by atoms with van der Waals surface area (Å²) in [7, 11) is 0. The minimum absolute atomic E-state index is 0.289. The molecular weight excluding hydrogens is 342 g/mol. The number of carbonyl (C=O) groups excluding carboxylic acids is 1. The highest BCUT2D eigenvalue weighted by atomic mass is 16.5. The lowest BCUT2D eigenvalue weighted by molar-refractivity contribution is 0.100. The number of rotatable bonds is 11. The average molecular weight is 367 g/mol. The molecule has 2 rings (SSSR count). The molecule has 142 valence electrons. The maximum Gasteiger partial charge on any atom is 0.249 e. The lowest BCUT2D eigenvalue weighted by Crippen LogP contribution is -1.97. The summed E-state index contributed by atoms with van der Waals surface area (Å²) < 4.78 is 5.77. The average Bonchev–Trinajstić information content (AvgIpc) is 2.71. The third-order valence-electron chi connectivity index (χ3n) is 4.28. The summed E-state index contributed by atoms with van der Waals surface area (Å²) in [5.74, 6) is 0.260.